The molecule has 1 amide bonds. The number of aliphatic hydroxyl groups is 1. The van der Waals surface area contributed by atoms with Gasteiger partial charge in [-0.25, -0.2) is 0 Å². The molecule has 3 rings (SSSR count). The van der Waals surface area contributed by atoms with Gasteiger partial charge in [-0.05, 0) is 52.1 Å². The van der Waals surface area contributed by atoms with E-state index in [-0.39, 0.29) is 12.5 Å². The number of rotatable bonds is 5. The molecule has 0 bridgehead atoms. The number of carbonyl (C=O) groups is 1. The van der Waals surface area contributed by atoms with Crippen molar-refractivity contribution in [3.63, 3.8) is 0 Å². The number of hydrogen-bond acceptors (Lipinski definition) is 4. The van der Waals surface area contributed by atoms with Crippen LogP contribution in [-0.2, 0) is 17.9 Å². The highest BCUT2D eigenvalue weighted by Crippen LogP contribution is 2.23. The van der Waals surface area contributed by atoms with Crippen molar-refractivity contribution < 1.29 is 9.90 Å². The molecule has 2 aliphatic heterocycles. The van der Waals surface area contributed by atoms with Crippen molar-refractivity contribution in [3.05, 3.63) is 17.5 Å². The number of piperidine rings is 2. The topological polar surface area (TPSA) is 61.6 Å². The fraction of sp³-hybridized carbons (Fsp3) is 0.778. The summed E-state index contributed by atoms with van der Waals surface area (Å²) in [6.45, 7) is 7.46. The number of aromatic nitrogens is 2. The summed E-state index contributed by atoms with van der Waals surface area (Å²) in [5, 5.41) is 13.5. The molecule has 0 radical (unpaired) electrons. The van der Waals surface area contributed by atoms with Crippen LogP contribution >= 0.6 is 0 Å². The van der Waals surface area contributed by atoms with Gasteiger partial charge in [-0.15, -0.1) is 0 Å². The molecule has 1 N–H and O–H groups in total. The normalized spacial score (nSPS) is 20.5. The number of aliphatic hydroxyl groups excluding tert-OH is 1. The van der Waals surface area contributed by atoms with E-state index in [2.05, 4.69) is 14.9 Å². The lowest BCUT2D eigenvalue weighted by Crippen LogP contribution is -2.44. The molecule has 0 aliphatic carbocycles. The molecule has 1 aromatic heterocycles. The lowest BCUT2D eigenvalue weighted by molar-refractivity contribution is -0.138. The first kappa shape index (κ1) is 17.4. The van der Waals surface area contributed by atoms with Gasteiger partial charge in [0.2, 0.25) is 5.91 Å². The second kappa shape index (κ2) is 8.12. The largest absolute Gasteiger partial charge is 0.394 e. The van der Waals surface area contributed by atoms with Crippen molar-refractivity contribution in [1.82, 2.24) is 19.6 Å². The molecule has 0 spiro atoms. The van der Waals surface area contributed by atoms with Crippen molar-refractivity contribution in [3.8, 4) is 0 Å². The first-order valence-electron chi connectivity index (χ1n) is 9.32. The van der Waals surface area contributed by atoms with Crippen LogP contribution in [0.1, 0.15) is 43.4 Å². The summed E-state index contributed by atoms with van der Waals surface area (Å²) in [6.07, 6.45) is 7.59. The van der Waals surface area contributed by atoms with E-state index in [1.165, 1.54) is 24.8 Å². The summed E-state index contributed by atoms with van der Waals surface area (Å²) < 4.78 is 1.82. The Kier molecular flexibility index (Phi) is 5.89. The third-order valence-electron chi connectivity index (χ3n) is 5.38. The molecule has 24 heavy (non-hydrogen) atoms. The van der Waals surface area contributed by atoms with E-state index in [9.17, 15) is 4.79 Å². The molecular formula is C18H30N4O2. The number of nitrogens with zero attached hydrogens (tertiary/aromatic N) is 4. The minimum atomic E-state index is 0.116. The second-order valence-electron chi connectivity index (χ2n) is 7.16. The van der Waals surface area contributed by atoms with Crippen LogP contribution in [0, 0.1) is 12.8 Å². The molecule has 6 nitrogen and oxygen atoms in total. The van der Waals surface area contributed by atoms with Crippen molar-refractivity contribution in [1.29, 1.82) is 0 Å². The van der Waals surface area contributed by atoms with Gasteiger partial charge in [-0.1, -0.05) is 0 Å². The number of carbonyl (C=O) groups excluding carboxylic acids is 1. The van der Waals surface area contributed by atoms with E-state index >= 15 is 0 Å². The van der Waals surface area contributed by atoms with Gasteiger partial charge in [0.15, 0.2) is 0 Å². The van der Waals surface area contributed by atoms with Crippen molar-refractivity contribution in [2.24, 2.45) is 5.92 Å². The zero-order valence-electron chi connectivity index (χ0n) is 14.8. The first-order chi connectivity index (χ1) is 11.7. The summed E-state index contributed by atoms with van der Waals surface area (Å²) in [4.78, 5) is 17.1. The van der Waals surface area contributed by atoms with E-state index in [1.807, 2.05) is 17.8 Å². The average molecular weight is 334 g/mol. The van der Waals surface area contributed by atoms with Gasteiger partial charge in [0.25, 0.3) is 0 Å². The summed E-state index contributed by atoms with van der Waals surface area (Å²) >= 11 is 0. The highest BCUT2D eigenvalue weighted by Gasteiger charge is 2.29. The molecule has 6 heteroatoms. The third-order valence-corrected chi connectivity index (χ3v) is 5.38. The molecule has 134 valence electrons. The molecule has 2 aliphatic rings. The van der Waals surface area contributed by atoms with Gasteiger partial charge in [0.05, 0.1) is 18.8 Å². The van der Waals surface area contributed by atoms with Gasteiger partial charge in [0, 0.05) is 37.3 Å². The van der Waals surface area contributed by atoms with Crippen molar-refractivity contribution in [2.45, 2.75) is 52.1 Å². The number of amides is 1. The molecule has 2 saturated heterocycles. The van der Waals surface area contributed by atoms with Crippen LogP contribution in [0.3, 0.4) is 0 Å². The number of hydrogen-bond donors (Lipinski definition) is 1. The predicted molar refractivity (Wildman–Crippen MR) is 92.5 cm³/mol. The maximum Gasteiger partial charge on any atom is 0.225 e. The summed E-state index contributed by atoms with van der Waals surface area (Å²) in [5.74, 6) is 0.610. The Hall–Kier alpha value is -1.40. The van der Waals surface area contributed by atoms with Crippen LogP contribution in [0.4, 0.5) is 0 Å². The molecule has 0 saturated carbocycles. The average Bonchev–Trinajstić information content (AvgIpc) is 2.95. The van der Waals surface area contributed by atoms with E-state index in [4.69, 9.17) is 5.11 Å². The maximum absolute atomic E-state index is 12.6. The second-order valence-corrected chi connectivity index (χ2v) is 7.16. The smallest absolute Gasteiger partial charge is 0.225 e. The standard InChI is InChI=1S/C18H30N4O2/c1-15-17(14-22(19-15)11-12-23)13-20-9-5-16(6-10-20)18(24)21-7-3-2-4-8-21/h14,16,23H,2-13H2,1H3. The molecule has 0 atom stereocenters. The molecular weight excluding hydrogens is 304 g/mol. The molecule has 1 aromatic rings. The highest BCUT2D eigenvalue weighted by molar-refractivity contribution is 5.79. The summed E-state index contributed by atoms with van der Waals surface area (Å²) in [5.41, 5.74) is 2.26. The summed E-state index contributed by atoms with van der Waals surface area (Å²) in [7, 11) is 0. The minimum Gasteiger partial charge on any atom is -0.394 e. The van der Waals surface area contributed by atoms with Crippen LogP contribution in [-0.4, -0.2) is 63.4 Å². The zero-order valence-corrected chi connectivity index (χ0v) is 14.8. The lowest BCUT2D eigenvalue weighted by atomic mass is 9.94. The quantitative estimate of drug-likeness (QED) is 0.884. The minimum absolute atomic E-state index is 0.116. The number of likely N-dealkylation sites (tertiary alicyclic amines) is 2. The third kappa shape index (κ3) is 4.16. The van der Waals surface area contributed by atoms with Crippen LogP contribution in [0.15, 0.2) is 6.20 Å². The fourth-order valence-corrected chi connectivity index (χ4v) is 3.88. The monoisotopic (exact) mass is 334 g/mol. The van der Waals surface area contributed by atoms with Crippen molar-refractivity contribution >= 4 is 5.91 Å². The zero-order chi connectivity index (χ0) is 16.9. The Morgan fingerprint density at radius 2 is 1.92 bits per heavy atom. The molecule has 0 aromatic carbocycles. The maximum atomic E-state index is 12.6. The van der Waals surface area contributed by atoms with Gasteiger partial charge in [0.1, 0.15) is 0 Å². The molecule has 0 unspecified atom stereocenters. The van der Waals surface area contributed by atoms with Gasteiger partial charge in [-0.3, -0.25) is 14.4 Å². The highest BCUT2D eigenvalue weighted by atomic mass is 16.3. The van der Waals surface area contributed by atoms with Crippen LogP contribution < -0.4 is 0 Å². The van der Waals surface area contributed by atoms with E-state index in [1.54, 1.807) is 0 Å². The van der Waals surface area contributed by atoms with Crippen molar-refractivity contribution in [2.75, 3.05) is 32.8 Å². The Morgan fingerprint density at radius 1 is 1.21 bits per heavy atom. The van der Waals surface area contributed by atoms with E-state index in [0.29, 0.717) is 12.5 Å². The number of aryl methyl sites for hydroxylation is 1. The van der Waals surface area contributed by atoms with Gasteiger partial charge >= 0.3 is 0 Å². The Morgan fingerprint density at radius 3 is 2.58 bits per heavy atom. The Labute approximate surface area is 144 Å². The molecule has 3 heterocycles. The van der Waals surface area contributed by atoms with E-state index in [0.717, 1.165) is 51.3 Å². The first-order valence-corrected chi connectivity index (χ1v) is 9.32. The fourth-order valence-electron chi connectivity index (χ4n) is 3.88. The Balaban J connectivity index is 1.49. The SMILES string of the molecule is Cc1nn(CCO)cc1CN1CCC(C(=O)N2CCCCC2)CC1. The predicted octanol–water partition coefficient (Wildman–Crippen LogP) is 1.41. The lowest BCUT2D eigenvalue weighted by Gasteiger charge is -2.35. The molecule has 2 fully saturated rings. The van der Waals surface area contributed by atoms with Gasteiger partial charge in [-0.2, -0.15) is 5.10 Å². The van der Waals surface area contributed by atoms with E-state index < -0.39 is 0 Å². The van der Waals surface area contributed by atoms with Gasteiger partial charge < -0.3 is 10.0 Å². The summed E-state index contributed by atoms with van der Waals surface area (Å²) in [6, 6.07) is 0. The van der Waals surface area contributed by atoms with Crippen LogP contribution in [0.5, 0.6) is 0 Å². The van der Waals surface area contributed by atoms with Crippen LogP contribution in [0.25, 0.3) is 0 Å². The Bertz CT molecular complexity index is 543. The van der Waals surface area contributed by atoms with Crippen LogP contribution in [0.2, 0.25) is 0 Å².